The molecule has 0 unspecified atom stereocenters. The van der Waals surface area contributed by atoms with Gasteiger partial charge >= 0.3 is 0 Å². The van der Waals surface area contributed by atoms with Crippen LogP contribution in [-0.2, 0) is 0 Å². The highest BCUT2D eigenvalue weighted by atomic mass is 16.3. The number of carbonyl (C=O) groups excluding carboxylic acids is 1. The molecular formula is C14H19N3O2. The molecule has 0 saturated carbocycles. The van der Waals surface area contributed by atoms with Crippen LogP contribution in [0.4, 0.5) is 0 Å². The van der Waals surface area contributed by atoms with Crippen molar-refractivity contribution in [3.8, 4) is 6.07 Å². The minimum Gasteiger partial charge on any atom is -0.396 e. The third kappa shape index (κ3) is 5.06. The SMILES string of the molecule is CC(C)(CO)CCCNC(=O)c1ccc(C#N)cn1. The second-order valence-electron chi connectivity index (χ2n) is 5.23. The fourth-order valence-corrected chi connectivity index (χ4v) is 1.53. The van der Waals surface area contributed by atoms with Crippen LogP contribution in [0.2, 0.25) is 0 Å². The largest absolute Gasteiger partial charge is 0.396 e. The number of hydrogen-bond acceptors (Lipinski definition) is 4. The van der Waals surface area contributed by atoms with Crippen molar-refractivity contribution in [3.63, 3.8) is 0 Å². The molecule has 0 aromatic carbocycles. The van der Waals surface area contributed by atoms with Crippen molar-refractivity contribution in [2.45, 2.75) is 26.7 Å². The van der Waals surface area contributed by atoms with E-state index >= 15 is 0 Å². The summed E-state index contributed by atoms with van der Waals surface area (Å²) in [5, 5.41) is 20.5. The van der Waals surface area contributed by atoms with Crippen molar-refractivity contribution >= 4 is 5.91 Å². The molecule has 1 heterocycles. The van der Waals surface area contributed by atoms with E-state index in [-0.39, 0.29) is 17.9 Å². The summed E-state index contributed by atoms with van der Waals surface area (Å²) >= 11 is 0. The van der Waals surface area contributed by atoms with Crippen molar-refractivity contribution in [2.24, 2.45) is 5.41 Å². The van der Waals surface area contributed by atoms with Crippen LogP contribution in [0.25, 0.3) is 0 Å². The zero-order chi connectivity index (χ0) is 14.3. The van der Waals surface area contributed by atoms with Crippen LogP contribution in [-0.4, -0.2) is 29.1 Å². The summed E-state index contributed by atoms with van der Waals surface area (Å²) in [4.78, 5) is 15.7. The molecule has 1 rings (SSSR count). The van der Waals surface area contributed by atoms with Gasteiger partial charge in [0.2, 0.25) is 0 Å². The van der Waals surface area contributed by atoms with Crippen molar-refractivity contribution in [2.75, 3.05) is 13.2 Å². The Hall–Kier alpha value is -1.93. The molecule has 0 spiro atoms. The van der Waals surface area contributed by atoms with E-state index in [2.05, 4.69) is 10.3 Å². The molecule has 0 radical (unpaired) electrons. The number of aromatic nitrogens is 1. The van der Waals surface area contributed by atoms with E-state index in [9.17, 15) is 4.79 Å². The molecule has 1 aromatic heterocycles. The number of amides is 1. The van der Waals surface area contributed by atoms with Gasteiger partial charge in [-0.25, -0.2) is 4.98 Å². The average molecular weight is 261 g/mol. The first-order valence-electron chi connectivity index (χ1n) is 6.24. The predicted molar refractivity (Wildman–Crippen MR) is 71.4 cm³/mol. The van der Waals surface area contributed by atoms with E-state index in [4.69, 9.17) is 10.4 Å². The monoisotopic (exact) mass is 261 g/mol. The number of aliphatic hydroxyl groups is 1. The summed E-state index contributed by atoms with van der Waals surface area (Å²) < 4.78 is 0. The highest BCUT2D eigenvalue weighted by Gasteiger charge is 2.15. The van der Waals surface area contributed by atoms with E-state index in [1.807, 2.05) is 19.9 Å². The summed E-state index contributed by atoms with van der Waals surface area (Å²) in [6.07, 6.45) is 3.02. The fourth-order valence-electron chi connectivity index (χ4n) is 1.53. The lowest BCUT2D eigenvalue weighted by molar-refractivity contribution is 0.0943. The molecule has 2 N–H and O–H groups in total. The topological polar surface area (TPSA) is 86.0 Å². The van der Waals surface area contributed by atoms with Crippen LogP contribution in [0.15, 0.2) is 18.3 Å². The Kier molecular flexibility index (Phi) is 5.46. The summed E-state index contributed by atoms with van der Waals surface area (Å²) in [5.74, 6) is -0.244. The Morgan fingerprint density at radius 1 is 1.53 bits per heavy atom. The van der Waals surface area contributed by atoms with Crippen molar-refractivity contribution in [3.05, 3.63) is 29.6 Å². The number of nitriles is 1. The van der Waals surface area contributed by atoms with Crippen LogP contribution in [0.3, 0.4) is 0 Å². The molecule has 0 saturated heterocycles. The molecule has 0 aliphatic rings. The van der Waals surface area contributed by atoms with E-state index in [1.165, 1.54) is 12.3 Å². The molecule has 5 nitrogen and oxygen atoms in total. The van der Waals surface area contributed by atoms with Gasteiger partial charge in [-0.05, 0) is 30.4 Å². The third-order valence-electron chi connectivity index (χ3n) is 2.87. The quantitative estimate of drug-likeness (QED) is 0.759. The zero-order valence-corrected chi connectivity index (χ0v) is 11.3. The van der Waals surface area contributed by atoms with Gasteiger partial charge in [0.25, 0.3) is 5.91 Å². The normalized spacial score (nSPS) is 10.8. The average Bonchev–Trinajstić information content (AvgIpc) is 2.43. The van der Waals surface area contributed by atoms with E-state index in [0.29, 0.717) is 17.8 Å². The minimum atomic E-state index is -0.244. The van der Waals surface area contributed by atoms with E-state index < -0.39 is 0 Å². The van der Waals surface area contributed by atoms with Gasteiger partial charge in [0.15, 0.2) is 0 Å². The molecule has 102 valence electrons. The summed E-state index contributed by atoms with van der Waals surface area (Å²) in [7, 11) is 0. The Morgan fingerprint density at radius 2 is 2.26 bits per heavy atom. The number of rotatable bonds is 6. The molecule has 5 heteroatoms. The zero-order valence-electron chi connectivity index (χ0n) is 11.3. The standard InChI is InChI=1S/C14H19N3O2/c1-14(2,10-18)6-3-7-16-13(19)12-5-4-11(8-15)9-17-12/h4-5,9,18H,3,6-7,10H2,1-2H3,(H,16,19). The Morgan fingerprint density at radius 3 is 2.79 bits per heavy atom. The highest BCUT2D eigenvalue weighted by molar-refractivity contribution is 5.92. The number of nitrogens with zero attached hydrogens (tertiary/aromatic N) is 2. The maximum atomic E-state index is 11.7. The Balaban J connectivity index is 2.37. The summed E-state index contributed by atoms with van der Waals surface area (Å²) in [6.45, 7) is 4.65. The molecule has 0 bridgehead atoms. The Labute approximate surface area is 113 Å². The van der Waals surface area contributed by atoms with Crippen LogP contribution in [0, 0.1) is 16.7 Å². The molecule has 19 heavy (non-hydrogen) atoms. The van der Waals surface area contributed by atoms with Crippen LogP contribution in [0.1, 0.15) is 42.7 Å². The van der Waals surface area contributed by atoms with Gasteiger partial charge in [0, 0.05) is 19.3 Å². The lowest BCUT2D eigenvalue weighted by Crippen LogP contribution is -2.27. The number of nitrogens with one attached hydrogen (secondary N) is 1. The van der Waals surface area contributed by atoms with Crippen LogP contribution < -0.4 is 5.32 Å². The number of pyridine rings is 1. The van der Waals surface area contributed by atoms with E-state index in [0.717, 1.165) is 12.8 Å². The smallest absolute Gasteiger partial charge is 0.269 e. The predicted octanol–water partition coefficient (Wildman–Crippen LogP) is 1.48. The van der Waals surface area contributed by atoms with E-state index in [1.54, 1.807) is 6.07 Å². The van der Waals surface area contributed by atoms with Crippen molar-refractivity contribution < 1.29 is 9.90 Å². The van der Waals surface area contributed by atoms with Crippen LogP contribution >= 0.6 is 0 Å². The maximum absolute atomic E-state index is 11.7. The first-order valence-corrected chi connectivity index (χ1v) is 6.24. The van der Waals surface area contributed by atoms with Gasteiger partial charge in [-0.15, -0.1) is 0 Å². The van der Waals surface area contributed by atoms with Gasteiger partial charge in [0.05, 0.1) is 5.56 Å². The van der Waals surface area contributed by atoms with Gasteiger partial charge < -0.3 is 10.4 Å². The number of hydrogen-bond donors (Lipinski definition) is 2. The van der Waals surface area contributed by atoms with Crippen LogP contribution in [0.5, 0.6) is 0 Å². The fraction of sp³-hybridized carbons (Fsp3) is 0.500. The first kappa shape index (κ1) is 15.1. The second kappa shape index (κ2) is 6.86. The van der Waals surface area contributed by atoms with Gasteiger partial charge in [-0.2, -0.15) is 5.26 Å². The number of aliphatic hydroxyl groups excluding tert-OH is 1. The first-order chi connectivity index (χ1) is 8.98. The number of carbonyl (C=O) groups is 1. The third-order valence-corrected chi connectivity index (χ3v) is 2.87. The Bertz CT molecular complexity index is 461. The summed E-state index contributed by atoms with van der Waals surface area (Å²) in [5.41, 5.74) is 0.624. The van der Waals surface area contributed by atoms with Gasteiger partial charge in [0.1, 0.15) is 11.8 Å². The molecule has 1 amide bonds. The molecule has 1 aromatic rings. The van der Waals surface area contributed by atoms with Gasteiger partial charge in [-0.1, -0.05) is 13.8 Å². The molecular weight excluding hydrogens is 242 g/mol. The van der Waals surface area contributed by atoms with Crippen molar-refractivity contribution in [1.29, 1.82) is 5.26 Å². The maximum Gasteiger partial charge on any atom is 0.269 e. The lowest BCUT2D eigenvalue weighted by atomic mass is 9.89. The molecule has 0 aliphatic heterocycles. The minimum absolute atomic E-state index is 0.114. The lowest BCUT2D eigenvalue weighted by Gasteiger charge is -2.21. The molecule has 0 atom stereocenters. The second-order valence-corrected chi connectivity index (χ2v) is 5.23. The molecule has 0 fully saturated rings. The van der Waals surface area contributed by atoms with Crippen molar-refractivity contribution in [1.82, 2.24) is 10.3 Å². The highest BCUT2D eigenvalue weighted by Crippen LogP contribution is 2.20. The molecule has 0 aliphatic carbocycles. The summed E-state index contributed by atoms with van der Waals surface area (Å²) in [6, 6.07) is 5.05. The van der Waals surface area contributed by atoms with Gasteiger partial charge in [-0.3, -0.25) is 4.79 Å².